The third-order valence-electron chi connectivity index (χ3n) is 16.6. The normalized spacial score (nSPS) is 36.5. The van der Waals surface area contributed by atoms with Crippen LogP contribution in [0.2, 0.25) is 0 Å². The van der Waals surface area contributed by atoms with Crippen molar-refractivity contribution in [2.75, 3.05) is 0 Å². The summed E-state index contributed by atoms with van der Waals surface area (Å²) in [5.41, 5.74) is 17.6. The second kappa shape index (κ2) is 8.28. The summed E-state index contributed by atoms with van der Waals surface area (Å²) in [6.45, 7) is 0. The van der Waals surface area contributed by atoms with Gasteiger partial charge >= 0.3 is 0 Å². The van der Waals surface area contributed by atoms with Gasteiger partial charge in [0, 0.05) is 44.8 Å². The maximum Gasteiger partial charge on any atom is 0.0728 e. The molecule has 0 N–H and O–H groups in total. The molecule has 3 nitrogen and oxygen atoms in total. The number of benzene rings is 2. The average molecular weight is 626 g/mol. The highest BCUT2D eigenvalue weighted by Gasteiger charge is 2.66. The first-order valence-corrected chi connectivity index (χ1v) is 19.8. The van der Waals surface area contributed by atoms with Crippen LogP contribution in [0.25, 0.3) is 38.1 Å². The van der Waals surface area contributed by atoms with E-state index in [2.05, 4.69) is 47.1 Å². The first-order valence-electron chi connectivity index (χ1n) is 19.8. The lowest BCUT2D eigenvalue weighted by Crippen LogP contribution is -2.41. The van der Waals surface area contributed by atoms with Crippen molar-refractivity contribution in [2.24, 2.45) is 29.1 Å². The highest BCUT2D eigenvalue weighted by Crippen LogP contribution is 2.76. The molecule has 6 aromatic rings. The molecule has 9 aliphatic rings. The average Bonchev–Trinajstić information content (AvgIpc) is 3.74. The van der Waals surface area contributed by atoms with Crippen molar-refractivity contribution in [1.29, 1.82) is 0 Å². The molecule has 0 amide bonds. The maximum atomic E-state index is 5.56. The predicted octanol–water partition coefficient (Wildman–Crippen LogP) is 10.3. The fourth-order valence-electron chi connectivity index (χ4n) is 15.1. The van der Waals surface area contributed by atoms with E-state index in [4.69, 9.17) is 9.97 Å². The Balaban J connectivity index is 1.14. The van der Waals surface area contributed by atoms with E-state index in [1.165, 1.54) is 103 Å². The molecule has 7 unspecified atom stereocenters. The Morgan fingerprint density at radius 3 is 1.88 bits per heavy atom. The number of hydrogen-bond acceptors (Lipinski definition) is 2. The van der Waals surface area contributed by atoms with Crippen LogP contribution in [0.5, 0.6) is 0 Å². The number of hydrogen-bond donors (Lipinski definition) is 0. The van der Waals surface area contributed by atoms with Crippen LogP contribution < -0.4 is 0 Å². The first-order chi connectivity index (χ1) is 23.7. The number of pyridine rings is 2. The number of aryl methyl sites for hydroxylation is 4. The highest BCUT2D eigenvalue weighted by atomic mass is 15.0. The molecular formula is C45H43N3. The minimum Gasteiger partial charge on any atom is -0.305 e. The maximum absolute atomic E-state index is 5.56. The van der Waals surface area contributed by atoms with Crippen molar-refractivity contribution >= 4 is 38.1 Å². The summed E-state index contributed by atoms with van der Waals surface area (Å²) in [6, 6.07) is 12.3. The van der Waals surface area contributed by atoms with Gasteiger partial charge in [-0.1, -0.05) is 30.3 Å². The van der Waals surface area contributed by atoms with Crippen molar-refractivity contribution in [3.63, 3.8) is 0 Å². The summed E-state index contributed by atoms with van der Waals surface area (Å²) in [7, 11) is 0. The molecule has 48 heavy (non-hydrogen) atoms. The van der Waals surface area contributed by atoms with Crippen molar-refractivity contribution in [1.82, 2.24) is 14.4 Å². The summed E-state index contributed by atoms with van der Waals surface area (Å²) in [4.78, 5) is 11.1. The van der Waals surface area contributed by atoms with Crippen molar-refractivity contribution in [3.05, 3.63) is 87.5 Å². The number of rotatable bonds is 0. The molecule has 15 rings (SSSR count). The molecule has 1 spiro atoms. The van der Waals surface area contributed by atoms with Gasteiger partial charge in [-0.2, -0.15) is 0 Å². The third kappa shape index (κ3) is 2.85. The van der Waals surface area contributed by atoms with Crippen LogP contribution in [0.15, 0.2) is 42.7 Å². The molecule has 11 bridgehead atoms. The zero-order valence-electron chi connectivity index (χ0n) is 27.9. The lowest BCUT2D eigenvalue weighted by atomic mass is 9.56. The highest BCUT2D eigenvalue weighted by molar-refractivity contribution is 6.26. The molecular weight excluding hydrogens is 583 g/mol. The molecule has 4 aromatic heterocycles. The van der Waals surface area contributed by atoms with E-state index in [-0.39, 0.29) is 0 Å². The molecule has 238 valence electrons. The summed E-state index contributed by atoms with van der Waals surface area (Å²) in [5, 5.41) is 6.42. The molecule has 5 fully saturated rings. The van der Waals surface area contributed by atoms with E-state index >= 15 is 0 Å². The van der Waals surface area contributed by atoms with Gasteiger partial charge in [-0.15, -0.1) is 0 Å². The van der Waals surface area contributed by atoms with Gasteiger partial charge in [-0.25, -0.2) is 0 Å². The van der Waals surface area contributed by atoms with Gasteiger partial charge in [-0.05, 0) is 164 Å². The fraction of sp³-hybridized carbons (Fsp3) is 0.511. The van der Waals surface area contributed by atoms with Crippen LogP contribution in [0.1, 0.15) is 133 Å². The minimum atomic E-state index is 0.646. The Labute approximate surface area is 281 Å². The molecule has 0 aliphatic heterocycles. The minimum absolute atomic E-state index is 0.646. The van der Waals surface area contributed by atoms with Gasteiger partial charge in [-0.3, -0.25) is 9.97 Å². The van der Waals surface area contributed by atoms with Gasteiger partial charge in [0.25, 0.3) is 0 Å². The van der Waals surface area contributed by atoms with Crippen LogP contribution >= 0.6 is 0 Å². The standard InChI is InChI=1S/C45H43N3/c1-2-22-4-6-26-14-27(7-5-23(3-1)8-22)39-41-35(21-47-43-31-16-33-17-32-15-30(37(41)43)18-45(32,33)19-31)48-34-20-46-42-29-12-24-9-25(13-29)11-28(10-24)36(42)40(34)38(26)44(39)48/h1-3,8,14,20-21,24-25,28-33H,4-7,9-13,15-19H2. The Hall–Kier alpha value is -3.46. The van der Waals surface area contributed by atoms with E-state index in [1.54, 1.807) is 43.8 Å². The molecule has 0 radical (unpaired) electrons. The van der Waals surface area contributed by atoms with Gasteiger partial charge < -0.3 is 4.40 Å². The topological polar surface area (TPSA) is 30.2 Å². The van der Waals surface area contributed by atoms with E-state index in [0.29, 0.717) is 29.1 Å². The van der Waals surface area contributed by atoms with E-state index in [0.717, 1.165) is 49.4 Å². The summed E-state index contributed by atoms with van der Waals surface area (Å²) in [6.07, 6.45) is 23.3. The quantitative estimate of drug-likeness (QED) is 0.168. The van der Waals surface area contributed by atoms with Crippen LogP contribution in [0.3, 0.4) is 0 Å². The Bertz CT molecular complexity index is 2430. The summed E-state index contributed by atoms with van der Waals surface area (Å²) >= 11 is 0. The molecule has 9 aliphatic carbocycles. The van der Waals surface area contributed by atoms with Crippen molar-refractivity contribution in [3.8, 4) is 0 Å². The zero-order valence-corrected chi connectivity index (χ0v) is 27.9. The largest absolute Gasteiger partial charge is 0.305 e. The van der Waals surface area contributed by atoms with E-state index in [9.17, 15) is 0 Å². The Kier molecular flexibility index (Phi) is 4.40. The van der Waals surface area contributed by atoms with Gasteiger partial charge in [0.1, 0.15) is 0 Å². The second-order valence-electron chi connectivity index (χ2n) is 18.5. The number of aromatic nitrogens is 3. The third-order valence-corrected chi connectivity index (χ3v) is 16.6. The van der Waals surface area contributed by atoms with Crippen LogP contribution in [0.4, 0.5) is 0 Å². The molecule has 7 atom stereocenters. The monoisotopic (exact) mass is 625 g/mol. The lowest BCUT2D eigenvalue weighted by molar-refractivity contribution is 0.00321. The van der Waals surface area contributed by atoms with E-state index in [1.807, 2.05) is 0 Å². The molecule has 0 saturated heterocycles. The summed E-state index contributed by atoms with van der Waals surface area (Å²) in [5.74, 6) is 6.47. The van der Waals surface area contributed by atoms with Crippen molar-refractivity contribution in [2.45, 2.75) is 114 Å². The number of nitrogens with zero attached hydrogens (tertiary/aromatic N) is 3. The second-order valence-corrected chi connectivity index (χ2v) is 18.5. The Morgan fingerprint density at radius 1 is 0.562 bits per heavy atom. The van der Waals surface area contributed by atoms with Crippen LogP contribution in [0, 0.1) is 29.1 Å². The lowest BCUT2D eigenvalue weighted by Gasteiger charge is -2.48. The number of fused-ring (bicyclic) bond motifs is 18. The molecule has 4 heterocycles. The van der Waals surface area contributed by atoms with E-state index < -0.39 is 0 Å². The molecule has 5 saturated carbocycles. The zero-order chi connectivity index (χ0) is 30.6. The van der Waals surface area contributed by atoms with Crippen LogP contribution in [-0.2, 0) is 25.7 Å². The molecule has 3 heteroatoms. The van der Waals surface area contributed by atoms with Crippen molar-refractivity contribution < 1.29 is 0 Å². The fourth-order valence-corrected chi connectivity index (χ4v) is 15.1. The SMILES string of the molecule is c1cc2cc(c1)CCc1cc(c3c4c5c(ncc4n4c6cnc7c(c6c1c34)C1CC3CC4CC7CC43C1)C1CC3CC(C1)CC5C3)CC2. The van der Waals surface area contributed by atoms with Gasteiger partial charge in [0.05, 0.1) is 28.9 Å². The smallest absolute Gasteiger partial charge is 0.0728 e. The van der Waals surface area contributed by atoms with Crippen LogP contribution in [-0.4, -0.2) is 14.4 Å². The molecule has 2 aromatic carbocycles. The Morgan fingerprint density at radius 2 is 1.17 bits per heavy atom. The first kappa shape index (κ1) is 25.5. The predicted molar refractivity (Wildman–Crippen MR) is 191 cm³/mol. The van der Waals surface area contributed by atoms with Gasteiger partial charge in [0.2, 0.25) is 0 Å². The summed E-state index contributed by atoms with van der Waals surface area (Å²) < 4.78 is 2.73. The van der Waals surface area contributed by atoms with Gasteiger partial charge in [0.15, 0.2) is 0 Å².